The van der Waals surface area contributed by atoms with E-state index < -0.39 is 0 Å². The third-order valence-corrected chi connectivity index (χ3v) is 3.57. The Morgan fingerprint density at radius 3 is 2.71 bits per heavy atom. The average molecular weight is 293 g/mol. The number of fused-ring (bicyclic) bond motifs is 1. The van der Waals surface area contributed by atoms with Crippen molar-refractivity contribution in [3.63, 3.8) is 0 Å². The van der Waals surface area contributed by atoms with Gasteiger partial charge in [-0.2, -0.15) is 0 Å². The first-order valence-electron chi connectivity index (χ1n) is 5.84. The zero-order chi connectivity index (χ0) is 11.7. The van der Waals surface area contributed by atoms with Crippen LogP contribution in [-0.4, -0.2) is 23.2 Å². The Morgan fingerprint density at radius 2 is 1.88 bits per heavy atom. The van der Waals surface area contributed by atoms with E-state index in [1.165, 1.54) is 5.39 Å². The van der Waals surface area contributed by atoms with Gasteiger partial charge in [0, 0.05) is 24.5 Å². The summed E-state index contributed by atoms with van der Waals surface area (Å²) in [4.78, 5) is 8.98. The summed E-state index contributed by atoms with van der Waals surface area (Å²) in [5.74, 6) is 0.493. The molecule has 0 saturated carbocycles. The lowest BCUT2D eigenvalue weighted by atomic mass is 9.93. The molecule has 3 nitrogen and oxygen atoms in total. The van der Waals surface area contributed by atoms with Gasteiger partial charge in [-0.3, -0.25) is 0 Å². The number of aromatic nitrogens is 2. The van der Waals surface area contributed by atoms with E-state index in [4.69, 9.17) is 4.74 Å². The Balaban J connectivity index is 2.13. The fourth-order valence-corrected chi connectivity index (χ4v) is 2.74. The van der Waals surface area contributed by atoms with Gasteiger partial charge in [-0.1, -0.05) is 18.2 Å². The van der Waals surface area contributed by atoms with E-state index in [0.29, 0.717) is 10.7 Å². The van der Waals surface area contributed by atoms with Gasteiger partial charge in [0.2, 0.25) is 0 Å². The molecule has 17 heavy (non-hydrogen) atoms. The Hall–Kier alpha value is -1.00. The Kier molecular flexibility index (Phi) is 3.07. The van der Waals surface area contributed by atoms with Crippen LogP contribution in [0.5, 0.6) is 0 Å². The van der Waals surface area contributed by atoms with Crippen LogP contribution in [0.25, 0.3) is 10.9 Å². The van der Waals surface area contributed by atoms with E-state index in [1.54, 1.807) is 0 Å². The summed E-state index contributed by atoms with van der Waals surface area (Å²) >= 11 is 3.40. The van der Waals surface area contributed by atoms with E-state index in [2.05, 4.69) is 32.0 Å². The average Bonchev–Trinajstić information content (AvgIpc) is 2.39. The van der Waals surface area contributed by atoms with E-state index >= 15 is 0 Å². The molecule has 1 aromatic heterocycles. The molecule has 88 valence electrons. The normalized spacial score (nSPS) is 17.5. The molecule has 0 spiro atoms. The molecule has 1 saturated heterocycles. The minimum Gasteiger partial charge on any atom is -0.381 e. The predicted octanol–water partition coefficient (Wildman–Crippen LogP) is 3.29. The molecule has 1 fully saturated rings. The topological polar surface area (TPSA) is 35.0 Å². The second-order valence-corrected chi connectivity index (χ2v) is 4.99. The van der Waals surface area contributed by atoms with Crippen molar-refractivity contribution in [2.75, 3.05) is 13.2 Å². The first-order valence-corrected chi connectivity index (χ1v) is 6.64. The lowest BCUT2D eigenvalue weighted by Gasteiger charge is -2.22. The molecule has 0 radical (unpaired) electrons. The number of benzene rings is 1. The highest BCUT2D eigenvalue weighted by Crippen LogP contribution is 2.31. The summed E-state index contributed by atoms with van der Waals surface area (Å²) in [7, 11) is 0. The summed E-state index contributed by atoms with van der Waals surface area (Å²) in [5.41, 5.74) is 2.17. The zero-order valence-corrected chi connectivity index (χ0v) is 11.0. The van der Waals surface area contributed by atoms with Crippen LogP contribution in [0.15, 0.2) is 29.0 Å². The molecule has 0 atom stereocenters. The van der Waals surface area contributed by atoms with E-state index in [1.807, 2.05) is 18.2 Å². The number of rotatable bonds is 1. The van der Waals surface area contributed by atoms with Gasteiger partial charge in [0.1, 0.15) is 0 Å². The smallest absolute Gasteiger partial charge is 0.197 e. The van der Waals surface area contributed by atoms with Gasteiger partial charge in [-0.15, -0.1) is 0 Å². The first kappa shape index (κ1) is 11.1. The minimum atomic E-state index is 0.493. The summed E-state index contributed by atoms with van der Waals surface area (Å²) in [5, 5.41) is 1.17. The predicted molar refractivity (Wildman–Crippen MR) is 70.0 cm³/mol. The Morgan fingerprint density at radius 1 is 1.12 bits per heavy atom. The zero-order valence-electron chi connectivity index (χ0n) is 9.40. The molecular formula is C13H13BrN2O. The van der Waals surface area contributed by atoms with Crippen molar-refractivity contribution in [3.05, 3.63) is 34.7 Å². The van der Waals surface area contributed by atoms with Crippen molar-refractivity contribution in [1.29, 1.82) is 0 Å². The highest BCUT2D eigenvalue weighted by molar-refractivity contribution is 9.10. The molecule has 1 aliphatic rings. The van der Waals surface area contributed by atoms with Crippen LogP contribution in [0, 0.1) is 0 Å². The fourth-order valence-electron chi connectivity index (χ4n) is 2.35. The second-order valence-electron chi connectivity index (χ2n) is 4.28. The van der Waals surface area contributed by atoms with Crippen LogP contribution in [0.4, 0.5) is 0 Å². The molecule has 2 heterocycles. The number of hydrogen-bond acceptors (Lipinski definition) is 3. The van der Waals surface area contributed by atoms with Crippen LogP contribution in [0.1, 0.15) is 24.5 Å². The molecule has 4 heteroatoms. The maximum absolute atomic E-state index is 5.41. The van der Waals surface area contributed by atoms with Crippen molar-refractivity contribution < 1.29 is 4.74 Å². The van der Waals surface area contributed by atoms with Crippen LogP contribution in [0.2, 0.25) is 0 Å². The molecule has 1 aromatic carbocycles. The molecule has 0 aliphatic carbocycles. The molecule has 0 amide bonds. The lowest BCUT2D eigenvalue weighted by Crippen LogP contribution is -2.15. The van der Waals surface area contributed by atoms with Crippen LogP contribution in [0.3, 0.4) is 0 Å². The highest BCUT2D eigenvalue weighted by atomic mass is 79.9. The molecule has 3 rings (SSSR count). The van der Waals surface area contributed by atoms with Crippen LogP contribution < -0.4 is 0 Å². The van der Waals surface area contributed by atoms with Gasteiger partial charge in [0.05, 0.1) is 11.2 Å². The SMILES string of the molecule is Brc1nc(C2CCOCC2)c2ccccc2n1. The molecule has 0 unspecified atom stereocenters. The minimum absolute atomic E-state index is 0.493. The monoisotopic (exact) mass is 292 g/mol. The Bertz CT molecular complexity index is 538. The van der Waals surface area contributed by atoms with Gasteiger partial charge in [0.15, 0.2) is 4.73 Å². The molecule has 0 N–H and O–H groups in total. The largest absolute Gasteiger partial charge is 0.381 e. The van der Waals surface area contributed by atoms with E-state index in [9.17, 15) is 0 Å². The molecule has 1 aliphatic heterocycles. The second kappa shape index (κ2) is 4.70. The van der Waals surface area contributed by atoms with E-state index in [0.717, 1.165) is 37.3 Å². The summed E-state index contributed by atoms with van der Waals surface area (Å²) in [6, 6.07) is 8.19. The van der Waals surface area contributed by atoms with Crippen molar-refractivity contribution in [1.82, 2.24) is 9.97 Å². The van der Waals surface area contributed by atoms with Crippen molar-refractivity contribution in [2.45, 2.75) is 18.8 Å². The maximum Gasteiger partial charge on any atom is 0.197 e. The number of nitrogens with zero attached hydrogens (tertiary/aromatic N) is 2. The number of hydrogen-bond donors (Lipinski definition) is 0. The third kappa shape index (κ3) is 2.19. The van der Waals surface area contributed by atoms with Crippen molar-refractivity contribution in [2.24, 2.45) is 0 Å². The number of para-hydroxylation sites is 1. The third-order valence-electron chi connectivity index (χ3n) is 3.21. The lowest BCUT2D eigenvalue weighted by molar-refractivity contribution is 0.0847. The fraction of sp³-hybridized carbons (Fsp3) is 0.385. The molecule has 2 aromatic rings. The maximum atomic E-state index is 5.41. The molecule has 0 bridgehead atoms. The summed E-state index contributed by atoms with van der Waals surface area (Å²) < 4.78 is 6.09. The molecular weight excluding hydrogens is 280 g/mol. The highest BCUT2D eigenvalue weighted by Gasteiger charge is 2.20. The Labute approximate surface area is 108 Å². The van der Waals surface area contributed by atoms with Gasteiger partial charge in [-0.05, 0) is 34.8 Å². The standard InChI is InChI=1S/C13H13BrN2O/c14-13-15-11-4-2-1-3-10(11)12(16-13)9-5-7-17-8-6-9/h1-4,9H,5-8H2. The van der Waals surface area contributed by atoms with Crippen molar-refractivity contribution in [3.8, 4) is 0 Å². The summed E-state index contributed by atoms with van der Waals surface area (Å²) in [6.45, 7) is 1.67. The van der Waals surface area contributed by atoms with Gasteiger partial charge < -0.3 is 4.74 Å². The van der Waals surface area contributed by atoms with Gasteiger partial charge in [0.25, 0.3) is 0 Å². The van der Waals surface area contributed by atoms with Crippen molar-refractivity contribution >= 4 is 26.8 Å². The van der Waals surface area contributed by atoms with Gasteiger partial charge >= 0.3 is 0 Å². The summed E-state index contributed by atoms with van der Waals surface area (Å²) in [6.07, 6.45) is 2.10. The number of halogens is 1. The quantitative estimate of drug-likeness (QED) is 0.757. The number of ether oxygens (including phenoxy) is 1. The van der Waals surface area contributed by atoms with Gasteiger partial charge in [-0.25, -0.2) is 9.97 Å². The van der Waals surface area contributed by atoms with Crippen LogP contribution in [-0.2, 0) is 4.74 Å². The van der Waals surface area contributed by atoms with E-state index in [-0.39, 0.29) is 0 Å². The first-order chi connectivity index (χ1) is 8.34. The van der Waals surface area contributed by atoms with Crippen LogP contribution >= 0.6 is 15.9 Å².